The molecule has 2 atom stereocenters. The third-order valence-corrected chi connectivity index (χ3v) is 4.40. The fraction of sp³-hybridized carbons (Fsp3) is 0.353. The molecule has 1 amide bonds. The number of thiophene rings is 1. The molecule has 0 spiro atoms. The van der Waals surface area contributed by atoms with Crippen molar-refractivity contribution in [1.82, 2.24) is 5.32 Å². The summed E-state index contributed by atoms with van der Waals surface area (Å²) in [5.74, 6) is -0.0781. The fourth-order valence-corrected chi connectivity index (χ4v) is 3.12. The van der Waals surface area contributed by atoms with Crippen molar-refractivity contribution in [3.8, 4) is 0 Å². The highest BCUT2D eigenvalue weighted by atomic mass is 32.1. The molecule has 2 rings (SSSR count). The number of carbonyl (C=O) groups is 1. The fourth-order valence-electron chi connectivity index (χ4n) is 2.30. The zero-order valence-electron chi connectivity index (χ0n) is 12.3. The summed E-state index contributed by atoms with van der Waals surface area (Å²) in [7, 11) is 0. The van der Waals surface area contributed by atoms with Gasteiger partial charge in [0.25, 0.3) is 0 Å². The van der Waals surface area contributed by atoms with Gasteiger partial charge in [-0.2, -0.15) is 0 Å². The Labute approximate surface area is 130 Å². The summed E-state index contributed by atoms with van der Waals surface area (Å²) in [6.07, 6.45) is 2.52. The van der Waals surface area contributed by atoms with Crippen LogP contribution in [0, 0.1) is 0 Å². The number of amides is 1. The van der Waals surface area contributed by atoms with Crippen LogP contribution in [0.25, 0.3) is 0 Å². The molecule has 1 unspecified atom stereocenters. The molecule has 0 saturated heterocycles. The van der Waals surface area contributed by atoms with E-state index in [4.69, 9.17) is 5.73 Å². The van der Waals surface area contributed by atoms with Crippen LogP contribution in [0.1, 0.15) is 36.2 Å². The molecule has 1 heterocycles. The van der Waals surface area contributed by atoms with Gasteiger partial charge in [-0.05, 0) is 29.9 Å². The van der Waals surface area contributed by atoms with E-state index in [2.05, 4.69) is 18.3 Å². The van der Waals surface area contributed by atoms with E-state index >= 15 is 0 Å². The van der Waals surface area contributed by atoms with Crippen molar-refractivity contribution in [1.29, 1.82) is 0 Å². The normalized spacial score (nSPS) is 13.6. The summed E-state index contributed by atoms with van der Waals surface area (Å²) in [5, 5.41) is 5.12. The standard InChI is InChI=1S/C17H22N2OS/c1-2-7-15(16-10-6-11-21-16)19-17(20)14(18)12-13-8-4-3-5-9-13/h3-6,8-11,14-15H,2,7,12,18H2,1H3,(H,19,20)/t14-,15?/m1/s1. The lowest BCUT2D eigenvalue weighted by Crippen LogP contribution is -2.43. The highest BCUT2D eigenvalue weighted by Gasteiger charge is 2.19. The Morgan fingerprint density at radius 3 is 2.62 bits per heavy atom. The van der Waals surface area contributed by atoms with Crippen LogP contribution in [0.3, 0.4) is 0 Å². The van der Waals surface area contributed by atoms with Gasteiger partial charge in [-0.25, -0.2) is 0 Å². The van der Waals surface area contributed by atoms with Gasteiger partial charge in [-0.3, -0.25) is 4.79 Å². The quantitative estimate of drug-likeness (QED) is 0.824. The van der Waals surface area contributed by atoms with Gasteiger partial charge in [0.1, 0.15) is 0 Å². The molecule has 112 valence electrons. The van der Waals surface area contributed by atoms with Crippen molar-refractivity contribution in [2.24, 2.45) is 5.73 Å². The molecule has 0 bridgehead atoms. The van der Waals surface area contributed by atoms with Crippen LogP contribution in [0.15, 0.2) is 47.8 Å². The Hall–Kier alpha value is -1.65. The van der Waals surface area contributed by atoms with E-state index in [1.54, 1.807) is 11.3 Å². The van der Waals surface area contributed by atoms with Crippen molar-refractivity contribution in [3.63, 3.8) is 0 Å². The third-order valence-electron chi connectivity index (χ3n) is 3.42. The first-order valence-corrected chi connectivity index (χ1v) is 8.22. The van der Waals surface area contributed by atoms with Gasteiger partial charge in [0, 0.05) is 4.88 Å². The van der Waals surface area contributed by atoms with Gasteiger partial charge < -0.3 is 11.1 Å². The topological polar surface area (TPSA) is 55.1 Å². The zero-order chi connectivity index (χ0) is 15.1. The Bertz CT molecular complexity index is 539. The molecule has 1 aromatic heterocycles. The second-order valence-corrected chi connectivity index (χ2v) is 6.14. The number of carbonyl (C=O) groups excluding carboxylic acids is 1. The van der Waals surface area contributed by atoms with Crippen LogP contribution in [-0.4, -0.2) is 11.9 Å². The third kappa shape index (κ3) is 4.69. The zero-order valence-corrected chi connectivity index (χ0v) is 13.1. The van der Waals surface area contributed by atoms with E-state index in [0.717, 1.165) is 18.4 Å². The number of nitrogens with one attached hydrogen (secondary N) is 1. The van der Waals surface area contributed by atoms with E-state index in [1.165, 1.54) is 4.88 Å². The lowest BCUT2D eigenvalue weighted by atomic mass is 10.0. The van der Waals surface area contributed by atoms with Crippen molar-refractivity contribution < 1.29 is 4.79 Å². The molecule has 0 aliphatic carbocycles. The van der Waals surface area contributed by atoms with Crippen molar-refractivity contribution in [3.05, 3.63) is 58.3 Å². The van der Waals surface area contributed by atoms with E-state index in [1.807, 2.05) is 41.8 Å². The summed E-state index contributed by atoms with van der Waals surface area (Å²) in [6, 6.07) is 13.5. The van der Waals surface area contributed by atoms with Gasteiger partial charge >= 0.3 is 0 Å². The number of rotatable bonds is 7. The van der Waals surface area contributed by atoms with Crippen LogP contribution in [0.2, 0.25) is 0 Å². The minimum Gasteiger partial charge on any atom is -0.347 e. The second-order valence-electron chi connectivity index (χ2n) is 5.16. The average molecular weight is 302 g/mol. The van der Waals surface area contributed by atoms with E-state index in [-0.39, 0.29) is 11.9 Å². The Morgan fingerprint density at radius 2 is 2.00 bits per heavy atom. The SMILES string of the molecule is CCCC(NC(=O)[C@H](N)Cc1ccccc1)c1cccs1. The molecule has 0 saturated carbocycles. The summed E-state index contributed by atoms with van der Waals surface area (Å²) in [5.41, 5.74) is 7.12. The number of hydrogen-bond donors (Lipinski definition) is 2. The molecule has 4 heteroatoms. The molecular formula is C17H22N2OS. The van der Waals surface area contributed by atoms with Crippen molar-refractivity contribution in [2.75, 3.05) is 0 Å². The smallest absolute Gasteiger partial charge is 0.237 e. The highest BCUT2D eigenvalue weighted by molar-refractivity contribution is 7.10. The first-order valence-electron chi connectivity index (χ1n) is 7.34. The maximum absolute atomic E-state index is 12.3. The first kappa shape index (κ1) is 15.7. The van der Waals surface area contributed by atoms with Crippen LogP contribution in [-0.2, 0) is 11.2 Å². The lowest BCUT2D eigenvalue weighted by Gasteiger charge is -2.20. The Balaban J connectivity index is 1.95. The molecule has 0 aliphatic heterocycles. The minimum atomic E-state index is -0.508. The maximum Gasteiger partial charge on any atom is 0.237 e. The molecule has 3 nitrogen and oxygen atoms in total. The van der Waals surface area contributed by atoms with Crippen LogP contribution in [0.4, 0.5) is 0 Å². The number of benzene rings is 1. The Morgan fingerprint density at radius 1 is 1.24 bits per heavy atom. The molecule has 0 radical (unpaired) electrons. The summed E-state index contributed by atoms with van der Waals surface area (Å²) in [4.78, 5) is 13.5. The molecule has 0 fully saturated rings. The van der Waals surface area contributed by atoms with Gasteiger partial charge in [-0.15, -0.1) is 11.3 Å². The average Bonchev–Trinajstić information content (AvgIpc) is 3.02. The predicted molar refractivity (Wildman–Crippen MR) is 88.2 cm³/mol. The number of nitrogens with two attached hydrogens (primary N) is 1. The van der Waals surface area contributed by atoms with Crippen molar-refractivity contribution >= 4 is 17.2 Å². The summed E-state index contributed by atoms with van der Waals surface area (Å²) in [6.45, 7) is 2.12. The summed E-state index contributed by atoms with van der Waals surface area (Å²) < 4.78 is 0. The van der Waals surface area contributed by atoms with E-state index < -0.39 is 6.04 Å². The molecule has 21 heavy (non-hydrogen) atoms. The van der Waals surface area contributed by atoms with E-state index in [9.17, 15) is 4.79 Å². The molecule has 2 aromatic rings. The van der Waals surface area contributed by atoms with Crippen LogP contribution >= 0.6 is 11.3 Å². The monoisotopic (exact) mass is 302 g/mol. The first-order chi connectivity index (χ1) is 10.2. The Kier molecular flexibility index (Phi) is 5.96. The van der Waals surface area contributed by atoms with Crippen molar-refractivity contribution in [2.45, 2.75) is 38.3 Å². The summed E-state index contributed by atoms with van der Waals surface area (Å²) >= 11 is 1.67. The minimum absolute atomic E-state index is 0.0734. The van der Waals surface area contributed by atoms with Gasteiger partial charge in [-0.1, -0.05) is 49.7 Å². The molecule has 0 aliphatic rings. The molecular weight excluding hydrogens is 280 g/mol. The largest absolute Gasteiger partial charge is 0.347 e. The van der Waals surface area contributed by atoms with Gasteiger partial charge in [0.05, 0.1) is 12.1 Å². The van der Waals surface area contributed by atoms with Crippen LogP contribution in [0.5, 0.6) is 0 Å². The van der Waals surface area contributed by atoms with Gasteiger partial charge in [0.15, 0.2) is 0 Å². The molecule has 3 N–H and O–H groups in total. The van der Waals surface area contributed by atoms with Crippen LogP contribution < -0.4 is 11.1 Å². The second kappa shape index (κ2) is 7.96. The van der Waals surface area contributed by atoms with E-state index in [0.29, 0.717) is 6.42 Å². The number of hydrogen-bond acceptors (Lipinski definition) is 3. The van der Waals surface area contributed by atoms with Gasteiger partial charge in [0.2, 0.25) is 5.91 Å². The lowest BCUT2D eigenvalue weighted by molar-refractivity contribution is -0.123. The highest BCUT2D eigenvalue weighted by Crippen LogP contribution is 2.23. The predicted octanol–water partition coefficient (Wildman–Crippen LogP) is 3.28. The molecule has 1 aromatic carbocycles. The maximum atomic E-state index is 12.3.